The highest BCUT2D eigenvalue weighted by atomic mass is 32.2. The van der Waals surface area contributed by atoms with Gasteiger partial charge in [-0.25, -0.2) is 17.4 Å². The molecule has 0 atom stereocenters. The molecule has 4 rings (SSSR count). The second-order valence-corrected chi connectivity index (χ2v) is 8.30. The fraction of sp³-hybridized carbons (Fsp3) is 0.176. The molecule has 0 radical (unpaired) electrons. The van der Waals surface area contributed by atoms with Crippen LogP contribution < -0.4 is 9.47 Å². The van der Waals surface area contributed by atoms with Crippen molar-refractivity contribution in [3.8, 4) is 17.6 Å². The number of fused-ring (bicyclic) bond motifs is 2. The van der Waals surface area contributed by atoms with Crippen molar-refractivity contribution < 1.29 is 40.4 Å². The minimum Gasteiger partial charge on any atom is -0.421 e. The van der Waals surface area contributed by atoms with Crippen LogP contribution >= 0.6 is 0 Å². The van der Waals surface area contributed by atoms with Gasteiger partial charge in [0.15, 0.2) is 11.5 Å². The first-order valence-corrected chi connectivity index (χ1v) is 9.83. The molecule has 0 amide bonds. The largest absolute Gasteiger partial charge is 0.507 e. The summed E-state index contributed by atoms with van der Waals surface area (Å²) in [6.45, 7) is 1.34. The smallest absolute Gasteiger partial charge is 0.421 e. The lowest BCUT2D eigenvalue weighted by Crippen LogP contribution is -2.52. The minimum atomic E-state index is -5.06. The van der Waals surface area contributed by atoms with Gasteiger partial charge >= 0.3 is 12.2 Å². The summed E-state index contributed by atoms with van der Waals surface area (Å²) in [5.74, 6) is -2.54. The van der Waals surface area contributed by atoms with Gasteiger partial charge < -0.3 is 9.47 Å². The highest BCUT2D eigenvalue weighted by Crippen LogP contribution is 2.48. The van der Waals surface area contributed by atoms with Gasteiger partial charge in [-0.2, -0.15) is 22.8 Å². The van der Waals surface area contributed by atoms with Crippen molar-refractivity contribution in [3.63, 3.8) is 0 Å². The molecular weight excluding hydrogens is 464 g/mol. The summed E-state index contributed by atoms with van der Waals surface area (Å²) in [6, 6.07) is 5.84. The van der Waals surface area contributed by atoms with Crippen LogP contribution in [0.2, 0.25) is 0 Å². The first-order valence-electron chi connectivity index (χ1n) is 8.39. The molecule has 2 heterocycles. The molecule has 0 aliphatic carbocycles. The topological polar surface area (TPSA) is 137 Å². The normalized spacial score (nSPS) is 16.5. The van der Waals surface area contributed by atoms with Crippen LogP contribution in [0.25, 0.3) is 11.0 Å². The summed E-state index contributed by atoms with van der Waals surface area (Å²) >= 11 is 0. The summed E-state index contributed by atoms with van der Waals surface area (Å²) in [6.07, 6.45) is -10.1. The number of aromatic nitrogens is 2. The number of nitro groups is 1. The average molecular weight is 472 g/mol. The Labute approximate surface area is 175 Å². The Morgan fingerprint density at radius 3 is 2.28 bits per heavy atom. The standard InChI is InChI=1S/C17H8F4N4O6S/c1-8-2-3-9(25(26)27)4-14(8)32(28,29)24-11-6-13-12(5-10(11)23-15(24)7-22)30-16(18,19)17(20,21)31-13/h2-6H,1H3. The molecule has 1 aliphatic heterocycles. The van der Waals surface area contributed by atoms with Crippen molar-refractivity contribution in [2.75, 3.05) is 0 Å². The maximum atomic E-state index is 13.6. The summed E-state index contributed by atoms with van der Waals surface area (Å²) in [5, 5.41) is 20.4. The predicted octanol–water partition coefficient (Wildman–Crippen LogP) is 3.32. The lowest BCUT2D eigenvalue weighted by Gasteiger charge is -2.31. The molecule has 10 nitrogen and oxygen atoms in total. The first kappa shape index (κ1) is 21.3. The van der Waals surface area contributed by atoms with E-state index in [1.807, 2.05) is 0 Å². The third kappa shape index (κ3) is 2.99. The van der Waals surface area contributed by atoms with Crippen molar-refractivity contribution in [1.29, 1.82) is 5.26 Å². The third-order valence-electron chi connectivity index (χ3n) is 4.49. The van der Waals surface area contributed by atoms with E-state index in [2.05, 4.69) is 14.5 Å². The van der Waals surface area contributed by atoms with Gasteiger partial charge in [-0.1, -0.05) is 6.07 Å². The van der Waals surface area contributed by atoms with Crippen molar-refractivity contribution >= 4 is 26.7 Å². The number of ether oxygens (including phenoxy) is 2. The van der Waals surface area contributed by atoms with Gasteiger partial charge in [0.25, 0.3) is 15.7 Å². The van der Waals surface area contributed by atoms with Crippen LogP contribution in [0.5, 0.6) is 11.5 Å². The number of alkyl halides is 4. The maximum absolute atomic E-state index is 13.6. The van der Waals surface area contributed by atoms with Crippen molar-refractivity contribution in [2.45, 2.75) is 24.0 Å². The SMILES string of the molecule is Cc1ccc([N+](=O)[O-])cc1S(=O)(=O)n1c(C#N)nc2cc3c(cc21)OC(F)(F)C(F)(F)O3. The second-order valence-electron chi connectivity index (χ2n) is 6.55. The number of halogens is 4. The van der Waals surface area contributed by atoms with E-state index < -0.39 is 60.6 Å². The van der Waals surface area contributed by atoms with Gasteiger partial charge in [0, 0.05) is 24.3 Å². The van der Waals surface area contributed by atoms with Crippen LogP contribution in [0.3, 0.4) is 0 Å². The molecule has 0 fully saturated rings. The Bertz CT molecular complexity index is 1460. The van der Waals surface area contributed by atoms with Gasteiger partial charge in [-0.05, 0) is 12.5 Å². The molecule has 1 aliphatic rings. The molecular formula is C17H8F4N4O6S. The van der Waals surface area contributed by atoms with E-state index in [4.69, 9.17) is 0 Å². The second kappa shape index (κ2) is 6.53. The molecule has 0 spiro atoms. The number of nitriles is 1. The fourth-order valence-electron chi connectivity index (χ4n) is 3.01. The first-order chi connectivity index (χ1) is 14.8. The third-order valence-corrected chi connectivity index (χ3v) is 6.34. The van der Waals surface area contributed by atoms with Gasteiger partial charge in [-0.3, -0.25) is 10.1 Å². The number of benzene rings is 2. The van der Waals surface area contributed by atoms with Gasteiger partial charge in [-0.15, -0.1) is 0 Å². The maximum Gasteiger partial charge on any atom is 0.507 e. The van der Waals surface area contributed by atoms with Crippen molar-refractivity contribution in [2.24, 2.45) is 0 Å². The number of hydrogen-bond acceptors (Lipinski definition) is 8. The Balaban J connectivity index is 1.99. The highest BCUT2D eigenvalue weighted by Gasteiger charge is 2.66. The van der Waals surface area contributed by atoms with E-state index in [1.54, 1.807) is 0 Å². The quantitative estimate of drug-likeness (QED) is 0.322. The number of non-ortho nitro benzene ring substituents is 1. The fourth-order valence-corrected chi connectivity index (χ4v) is 4.67. The summed E-state index contributed by atoms with van der Waals surface area (Å²) in [4.78, 5) is 13.4. The van der Waals surface area contributed by atoms with Crippen molar-refractivity contribution in [3.05, 3.63) is 51.8 Å². The Hall–Kier alpha value is -3.93. The zero-order valence-corrected chi connectivity index (χ0v) is 16.4. The van der Waals surface area contributed by atoms with E-state index in [9.17, 15) is 41.4 Å². The molecule has 0 N–H and O–H groups in total. The monoisotopic (exact) mass is 472 g/mol. The van der Waals surface area contributed by atoms with E-state index in [-0.39, 0.29) is 11.1 Å². The van der Waals surface area contributed by atoms with E-state index in [0.29, 0.717) is 16.1 Å². The highest BCUT2D eigenvalue weighted by molar-refractivity contribution is 7.90. The van der Waals surface area contributed by atoms with Gasteiger partial charge in [0.1, 0.15) is 6.07 Å². The summed E-state index contributed by atoms with van der Waals surface area (Å²) < 4.78 is 88.9. The number of nitro benzene ring substituents is 1. The van der Waals surface area contributed by atoms with Crippen LogP contribution in [-0.2, 0) is 10.0 Å². The summed E-state index contributed by atoms with van der Waals surface area (Å²) in [5.41, 5.74) is -1.33. The van der Waals surface area contributed by atoms with E-state index in [1.165, 1.54) is 13.0 Å². The number of rotatable bonds is 3. The Morgan fingerprint density at radius 2 is 1.72 bits per heavy atom. The average Bonchev–Trinajstić information content (AvgIpc) is 3.04. The number of imidazole rings is 1. The molecule has 2 aromatic carbocycles. The van der Waals surface area contributed by atoms with Crippen molar-refractivity contribution in [1.82, 2.24) is 8.96 Å². The van der Waals surface area contributed by atoms with Crippen LogP contribution in [0, 0.1) is 28.4 Å². The molecule has 0 bridgehead atoms. The molecule has 0 saturated carbocycles. The minimum absolute atomic E-state index is 0.0741. The molecule has 1 aromatic heterocycles. The van der Waals surface area contributed by atoms with E-state index >= 15 is 0 Å². The zero-order chi connectivity index (χ0) is 23.6. The molecule has 3 aromatic rings. The van der Waals surface area contributed by atoms with Crippen LogP contribution in [0.4, 0.5) is 23.2 Å². The Morgan fingerprint density at radius 1 is 1.12 bits per heavy atom. The van der Waals surface area contributed by atoms with Crippen LogP contribution in [-0.4, -0.2) is 34.5 Å². The zero-order valence-electron chi connectivity index (χ0n) is 15.5. The lowest BCUT2D eigenvalue weighted by atomic mass is 10.2. The predicted molar refractivity (Wildman–Crippen MR) is 96.0 cm³/mol. The number of hydrogen-bond donors (Lipinski definition) is 0. The van der Waals surface area contributed by atoms with Crippen LogP contribution in [0.1, 0.15) is 11.4 Å². The molecule has 166 valence electrons. The molecule has 15 heteroatoms. The lowest BCUT2D eigenvalue weighted by molar-refractivity contribution is -0.391. The molecule has 0 saturated heterocycles. The molecule has 32 heavy (non-hydrogen) atoms. The molecule has 0 unspecified atom stereocenters. The summed E-state index contributed by atoms with van der Waals surface area (Å²) in [7, 11) is -4.73. The van der Waals surface area contributed by atoms with Gasteiger partial charge in [0.05, 0.1) is 20.9 Å². The van der Waals surface area contributed by atoms with Crippen LogP contribution in [0.15, 0.2) is 35.2 Å². The van der Waals surface area contributed by atoms with Gasteiger partial charge in [0.2, 0.25) is 5.82 Å². The number of nitrogens with zero attached hydrogens (tertiary/aromatic N) is 4. The van der Waals surface area contributed by atoms with E-state index in [0.717, 1.165) is 18.2 Å². The number of aryl methyl sites for hydroxylation is 1. The Kier molecular flexibility index (Phi) is 4.35.